The van der Waals surface area contributed by atoms with E-state index in [1.54, 1.807) is 48.0 Å². The monoisotopic (exact) mass is 421 g/mol. The number of nitrogens with zero attached hydrogens (tertiary/aromatic N) is 2. The fourth-order valence-electron chi connectivity index (χ4n) is 2.71. The van der Waals surface area contributed by atoms with Crippen molar-refractivity contribution in [2.75, 3.05) is 12.4 Å². The molecule has 0 aliphatic rings. The van der Waals surface area contributed by atoms with Gasteiger partial charge < -0.3 is 14.3 Å². The molecule has 0 unspecified atom stereocenters. The highest BCUT2D eigenvalue weighted by atomic mass is 32.1. The highest BCUT2D eigenvalue weighted by molar-refractivity contribution is 7.13. The highest BCUT2D eigenvalue weighted by Gasteiger charge is 2.15. The number of benzene rings is 2. The van der Waals surface area contributed by atoms with E-state index in [9.17, 15) is 14.7 Å². The zero-order chi connectivity index (χ0) is 21.1. The second-order valence-corrected chi connectivity index (χ2v) is 7.02. The standard InChI is InChI=1S/C21H15N3O5S/c1-28-20(27)12-2-5-14(6-3-12)23-19-16(18(26)24-21-22-8-9-30-21)10-13-4-7-15(25)11-17(13)29-19/h2-11,25H,1H3,(H,22,24,26). The minimum atomic E-state index is -0.462. The molecular formula is C21H15N3O5S. The molecule has 9 heteroatoms. The molecule has 4 rings (SSSR count). The number of aromatic nitrogens is 1. The van der Waals surface area contributed by atoms with Crippen LogP contribution in [0, 0.1) is 0 Å². The zero-order valence-electron chi connectivity index (χ0n) is 15.7. The Balaban J connectivity index is 1.82. The molecule has 150 valence electrons. The molecule has 0 saturated heterocycles. The van der Waals surface area contributed by atoms with Crippen LogP contribution in [0.25, 0.3) is 11.0 Å². The van der Waals surface area contributed by atoms with Gasteiger partial charge in [0, 0.05) is 23.0 Å². The van der Waals surface area contributed by atoms with Crippen LogP contribution >= 0.6 is 11.3 Å². The van der Waals surface area contributed by atoms with Gasteiger partial charge in [-0.05, 0) is 42.5 Å². The number of esters is 1. The lowest BCUT2D eigenvalue weighted by molar-refractivity contribution is 0.0600. The number of fused-ring (bicyclic) bond motifs is 1. The van der Waals surface area contributed by atoms with Crippen LogP contribution in [0.5, 0.6) is 5.75 Å². The van der Waals surface area contributed by atoms with Crippen molar-refractivity contribution < 1.29 is 23.8 Å². The van der Waals surface area contributed by atoms with Crippen LogP contribution in [0.4, 0.5) is 10.8 Å². The molecule has 0 fully saturated rings. The van der Waals surface area contributed by atoms with E-state index in [-0.39, 0.29) is 16.9 Å². The number of hydrogen-bond donors (Lipinski definition) is 2. The predicted molar refractivity (Wildman–Crippen MR) is 111 cm³/mol. The summed E-state index contributed by atoms with van der Waals surface area (Å²) < 4.78 is 10.5. The maximum absolute atomic E-state index is 12.8. The summed E-state index contributed by atoms with van der Waals surface area (Å²) in [5, 5.41) is 15.3. The summed E-state index contributed by atoms with van der Waals surface area (Å²) in [6.07, 6.45) is 1.59. The molecule has 8 nitrogen and oxygen atoms in total. The van der Waals surface area contributed by atoms with Crippen molar-refractivity contribution in [3.63, 3.8) is 0 Å². The number of hydrogen-bond acceptors (Lipinski definition) is 8. The molecule has 0 spiro atoms. The fraction of sp³-hybridized carbons (Fsp3) is 0.0476. The van der Waals surface area contributed by atoms with E-state index in [0.29, 0.717) is 27.4 Å². The Bertz CT molecular complexity index is 1290. The van der Waals surface area contributed by atoms with Gasteiger partial charge in [-0.3, -0.25) is 10.1 Å². The Morgan fingerprint density at radius 3 is 2.67 bits per heavy atom. The van der Waals surface area contributed by atoms with Crippen LogP contribution in [-0.2, 0) is 4.74 Å². The van der Waals surface area contributed by atoms with Crippen molar-refractivity contribution in [2.24, 2.45) is 4.99 Å². The minimum absolute atomic E-state index is 0.0274. The SMILES string of the molecule is COC(=O)c1ccc(N=c2oc3cc(O)ccc3cc2C(=O)Nc2nccs2)cc1. The fourth-order valence-corrected chi connectivity index (χ4v) is 3.23. The first-order valence-corrected chi connectivity index (χ1v) is 9.62. The molecule has 0 saturated carbocycles. The van der Waals surface area contributed by atoms with E-state index < -0.39 is 11.9 Å². The first-order valence-electron chi connectivity index (χ1n) is 8.74. The van der Waals surface area contributed by atoms with E-state index in [2.05, 4.69) is 20.0 Å². The summed E-state index contributed by atoms with van der Waals surface area (Å²) in [6.45, 7) is 0. The topological polar surface area (TPSA) is 114 Å². The molecule has 0 bridgehead atoms. The number of phenolic OH excluding ortho intramolecular Hbond substituents is 1. The first-order chi connectivity index (χ1) is 14.5. The summed E-state index contributed by atoms with van der Waals surface area (Å²) in [4.78, 5) is 32.9. The molecule has 1 amide bonds. The Hall–Kier alpha value is -3.98. The molecule has 0 atom stereocenters. The van der Waals surface area contributed by atoms with E-state index in [1.807, 2.05) is 0 Å². The number of carbonyl (C=O) groups is 2. The van der Waals surface area contributed by atoms with Crippen LogP contribution in [0.2, 0.25) is 0 Å². The van der Waals surface area contributed by atoms with Crippen LogP contribution in [0.1, 0.15) is 20.7 Å². The maximum atomic E-state index is 12.8. The third kappa shape index (κ3) is 4.06. The predicted octanol–water partition coefficient (Wildman–Crippen LogP) is 3.87. The molecule has 2 N–H and O–H groups in total. The highest BCUT2D eigenvalue weighted by Crippen LogP contribution is 2.21. The third-order valence-electron chi connectivity index (χ3n) is 4.15. The Labute approximate surface area is 174 Å². The second kappa shape index (κ2) is 8.18. The Morgan fingerprint density at radius 1 is 1.17 bits per heavy atom. The van der Waals surface area contributed by atoms with Gasteiger partial charge in [0.1, 0.15) is 16.9 Å². The number of anilines is 1. The lowest BCUT2D eigenvalue weighted by Gasteiger charge is -2.06. The molecule has 4 aromatic rings. The van der Waals surface area contributed by atoms with Gasteiger partial charge in [0.15, 0.2) is 5.13 Å². The molecule has 2 heterocycles. The van der Waals surface area contributed by atoms with Gasteiger partial charge in [-0.1, -0.05) is 0 Å². The average Bonchev–Trinajstić information content (AvgIpc) is 3.26. The molecule has 0 aliphatic carbocycles. The number of phenols is 1. The largest absolute Gasteiger partial charge is 0.508 e. The number of amides is 1. The Morgan fingerprint density at radius 2 is 1.97 bits per heavy atom. The number of methoxy groups -OCH3 is 1. The molecule has 0 aliphatic heterocycles. The second-order valence-electron chi connectivity index (χ2n) is 6.13. The lowest BCUT2D eigenvalue weighted by atomic mass is 10.1. The summed E-state index contributed by atoms with van der Waals surface area (Å²) in [5.74, 6) is -0.871. The zero-order valence-corrected chi connectivity index (χ0v) is 16.5. The summed E-state index contributed by atoms with van der Waals surface area (Å²) >= 11 is 1.29. The van der Waals surface area contributed by atoms with Crippen LogP contribution in [0.15, 0.2) is 69.5 Å². The van der Waals surface area contributed by atoms with Crippen molar-refractivity contribution in [1.82, 2.24) is 4.98 Å². The quantitative estimate of drug-likeness (QED) is 0.484. The van der Waals surface area contributed by atoms with Gasteiger partial charge in [0.25, 0.3) is 5.91 Å². The van der Waals surface area contributed by atoms with Crippen molar-refractivity contribution in [1.29, 1.82) is 0 Å². The molecule has 2 aromatic carbocycles. The van der Waals surface area contributed by atoms with Crippen molar-refractivity contribution >= 4 is 45.0 Å². The minimum Gasteiger partial charge on any atom is -0.508 e. The number of thiazole rings is 1. The first kappa shape index (κ1) is 19.3. The Kier molecular flexibility index (Phi) is 5.27. The summed E-state index contributed by atoms with van der Waals surface area (Å²) in [7, 11) is 1.30. The number of carbonyl (C=O) groups excluding carboxylic acids is 2. The van der Waals surface area contributed by atoms with E-state index >= 15 is 0 Å². The number of rotatable bonds is 4. The number of ether oxygens (including phenoxy) is 1. The van der Waals surface area contributed by atoms with Crippen LogP contribution in [-0.4, -0.2) is 29.1 Å². The van der Waals surface area contributed by atoms with Gasteiger partial charge in [-0.2, -0.15) is 0 Å². The van der Waals surface area contributed by atoms with E-state index in [1.165, 1.54) is 30.6 Å². The normalized spacial score (nSPS) is 11.4. The number of nitrogens with one attached hydrogen (secondary N) is 1. The van der Waals surface area contributed by atoms with Crippen LogP contribution in [0.3, 0.4) is 0 Å². The third-order valence-corrected chi connectivity index (χ3v) is 4.84. The van der Waals surface area contributed by atoms with Crippen molar-refractivity contribution in [2.45, 2.75) is 0 Å². The number of aromatic hydroxyl groups is 1. The molecular weight excluding hydrogens is 406 g/mol. The summed E-state index contributed by atoms with van der Waals surface area (Å²) in [5.41, 5.74) is 1.45. The van der Waals surface area contributed by atoms with Crippen molar-refractivity contribution in [3.05, 3.63) is 76.8 Å². The van der Waals surface area contributed by atoms with E-state index in [0.717, 1.165) is 0 Å². The average molecular weight is 421 g/mol. The molecule has 2 aromatic heterocycles. The summed E-state index contributed by atoms with van der Waals surface area (Å²) in [6, 6.07) is 12.6. The van der Waals surface area contributed by atoms with Gasteiger partial charge in [-0.25, -0.2) is 14.8 Å². The maximum Gasteiger partial charge on any atom is 0.337 e. The van der Waals surface area contributed by atoms with E-state index in [4.69, 9.17) is 4.42 Å². The molecule has 0 radical (unpaired) electrons. The van der Waals surface area contributed by atoms with Crippen molar-refractivity contribution in [3.8, 4) is 5.75 Å². The van der Waals surface area contributed by atoms with Gasteiger partial charge in [0.2, 0.25) is 5.55 Å². The van der Waals surface area contributed by atoms with Crippen LogP contribution < -0.4 is 10.9 Å². The van der Waals surface area contributed by atoms with Gasteiger partial charge >= 0.3 is 5.97 Å². The lowest BCUT2D eigenvalue weighted by Crippen LogP contribution is -2.21. The van der Waals surface area contributed by atoms with Gasteiger partial charge in [0.05, 0.1) is 18.4 Å². The smallest absolute Gasteiger partial charge is 0.337 e. The van der Waals surface area contributed by atoms with Gasteiger partial charge in [-0.15, -0.1) is 11.3 Å². The molecule has 30 heavy (non-hydrogen) atoms.